The van der Waals surface area contributed by atoms with E-state index in [2.05, 4.69) is 0 Å². The molecule has 27 heavy (non-hydrogen) atoms. The van der Waals surface area contributed by atoms with Gasteiger partial charge in [0, 0.05) is 24.4 Å². The van der Waals surface area contributed by atoms with Crippen LogP contribution in [-0.4, -0.2) is 63.7 Å². The molecule has 4 N–H and O–H groups in total. The van der Waals surface area contributed by atoms with Gasteiger partial charge in [-0.25, -0.2) is 4.79 Å². The Morgan fingerprint density at radius 2 is 1.89 bits per heavy atom. The number of esters is 1. The average molecular weight is 382 g/mol. The first-order valence-electron chi connectivity index (χ1n) is 8.03. The summed E-state index contributed by atoms with van der Waals surface area (Å²) in [6.45, 7) is 0.818. The van der Waals surface area contributed by atoms with E-state index in [1.165, 1.54) is 19.1 Å². The van der Waals surface area contributed by atoms with Crippen LogP contribution in [0.25, 0.3) is 11.0 Å². The van der Waals surface area contributed by atoms with Crippen molar-refractivity contribution in [1.29, 1.82) is 0 Å². The number of carbonyl (C=O) groups is 1. The highest BCUT2D eigenvalue weighted by atomic mass is 16.7. The lowest BCUT2D eigenvalue weighted by molar-refractivity contribution is -0.278. The van der Waals surface area contributed by atoms with Crippen LogP contribution < -0.4 is 10.4 Å². The van der Waals surface area contributed by atoms with E-state index in [1.54, 1.807) is 0 Å². The van der Waals surface area contributed by atoms with Crippen LogP contribution in [0.2, 0.25) is 0 Å². The minimum atomic E-state index is -1.61. The zero-order valence-electron chi connectivity index (χ0n) is 14.1. The minimum absolute atomic E-state index is 0.0387. The van der Waals surface area contributed by atoms with Crippen LogP contribution in [0.4, 0.5) is 0 Å². The van der Waals surface area contributed by atoms with Gasteiger partial charge in [0.25, 0.3) is 0 Å². The van der Waals surface area contributed by atoms with E-state index < -0.39 is 42.3 Å². The zero-order chi connectivity index (χ0) is 19.7. The summed E-state index contributed by atoms with van der Waals surface area (Å²) >= 11 is 0. The molecule has 1 fully saturated rings. The molecule has 2 aromatic rings. The fourth-order valence-electron chi connectivity index (χ4n) is 2.69. The molecule has 0 spiro atoms. The van der Waals surface area contributed by atoms with Gasteiger partial charge in [-0.05, 0) is 12.1 Å². The second kappa shape index (κ2) is 7.53. The van der Waals surface area contributed by atoms with E-state index in [9.17, 15) is 30.0 Å². The van der Waals surface area contributed by atoms with Crippen molar-refractivity contribution in [1.82, 2.24) is 0 Å². The van der Waals surface area contributed by atoms with Crippen LogP contribution in [0.15, 0.2) is 33.5 Å². The molecule has 146 valence electrons. The van der Waals surface area contributed by atoms with Crippen LogP contribution in [0.5, 0.6) is 11.5 Å². The minimum Gasteiger partial charge on any atom is -0.504 e. The Morgan fingerprint density at radius 3 is 2.59 bits per heavy atom. The molecule has 0 amide bonds. The average Bonchev–Trinajstić information content (AvgIpc) is 2.61. The summed E-state index contributed by atoms with van der Waals surface area (Å²) in [6.07, 6.45) is -7.28. The standard InChI is InChI=1S/C17H18O10/c1-7(18)24-6-11-13(21)14(22)15(23)17(26-11)25-9-4-8-2-3-12(20)27-16(8)10(19)5-9/h2-5,11,13-15,17,19,21-23H,6H2,1H3/t11-,13-,14+,15-,17-/m1/s1. The number of carbonyl (C=O) groups excluding carboxylic acids is 1. The lowest BCUT2D eigenvalue weighted by atomic mass is 9.99. The van der Waals surface area contributed by atoms with E-state index in [-0.39, 0.29) is 23.7 Å². The van der Waals surface area contributed by atoms with E-state index in [1.807, 2.05) is 0 Å². The van der Waals surface area contributed by atoms with Gasteiger partial charge >= 0.3 is 11.6 Å². The molecular weight excluding hydrogens is 364 g/mol. The topological polar surface area (TPSA) is 156 Å². The van der Waals surface area contributed by atoms with E-state index in [4.69, 9.17) is 18.6 Å². The zero-order valence-corrected chi connectivity index (χ0v) is 14.1. The molecule has 0 saturated carbocycles. The second-order valence-corrected chi connectivity index (χ2v) is 6.05. The first-order chi connectivity index (χ1) is 12.8. The van der Waals surface area contributed by atoms with Crippen LogP contribution in [0.3, 0.4) is 0 Å². The summed E-state index contributed by atoms with van der Waals surface area (Å²) in [4.78, 5) is 22.2. The molecule has 5 atom stereocenters. The van der Waals surface area contributed by atoms with Crippen molar-refractivity contribution in [3.63, 3.8) is 0 Å². The number of hydrogen-bond acceptors (Lipinski definition) is 10. The number of aromatic hydroxyl groups is 1. The Morgan fingerprint density at radius 1 is 1.15 bits per heavy atom. The van der Waals surface area contributed by atoms with Crippen molar-refractivity contribution in [2.45, 2.75) is 37.6 Å². The van der Waals surface area contributed by atoms with Gasteiger partial charge < -0.3 is 39.1 Å². The Labute approximate surface area is 152 Å². The number of aliphatic hydroxyl groups is 3. The monoisotopic (exact) mass is 382 g/mol. The molecule has 1 saturated heterocycles. The first kappa shape index (κ1) is 19.1. The van der Waals surface area contributed by atoms with Crippen molar-refractivity contribution in [3.05, 3.63) is 34.7 Å². The van der Waals surface area contributed by atoms with Crippen LogP contribution in [0, 0.1) is 0 Å². The van der Waals surface area contributed by atoms with Crippen LogP contribution in [-0.2, 0) is 14.3 Å². The third-order valence-corrected chi connectivity index (χ3v) is 4.04. The van der Waals surface area contributed by atoms with Gasteiger partial charge in [0.15, 0.2) is 11.3 Å². The lowest BCUT2D eigenvalue weighted by Gasteiger charge is -2.39. The number of rotatable bonds is 4. The fourth-order valence-corrected chi connectivity index (χ4v) is 2.69. The Hall–Kier alpha value is -2.66. The maximum atomic E-state index is 11.2. The fraction of sp³-hybridized carbons (Fsp3) is 0.412. The van der Waals surface area contributed by atoms with Crippen molar-refractivity contribution in [2.24, 2.45) is 0 Å². The number of hydrogen-bond donors (Lipinski definition) is 4. The maximum Gasteiger partial charge on any atom is 0.336 e. The summed E-state index contributed by atoms with van der Waals surface area (Å²) < 4.78 is 20.5. The number of aliphatic hydroxyl groups excluding tert-OH is 3. The quantitative estimate of drug-likeness (QED) is 0.392. The Bertz CT molecular complexity index is 891. The molecule has 10 heteroatoms. The SMILES string of the molecule is CC(=O)OC[C@H]1O[C@@H](Oc2cc(O)c3oc(=O)ccc3c2)[C@H](O)[C@@H](O)[C@@H]1O. The molecule has 1 aromatic carbocycles. The predicted octanol–water partition coefficient (Wildman–Crippen LogP) is -0.752. The number of phenols is 1. The normalized spacial score (nSPS) is 28.1. The highest BCUT2D eigenvalue weighted by molar-refractivity contribution is 5.83. The summed E-state index contributed by atoms with van der Waals surface area (Å²) in [5.74, 6) is -0.930. The van der Waals surface area contributed by atoms with E-state index in [0.717, 1.165) is 12.1 Å². The van der Waals surface area contributed by atoms with Gasteiger partial charge in [-0.2, -0.15) is 0 Å². The van der Waals surface area contributed by atoms with Crippen molar-refractivity contribution in [2.75, 3.05) is 6.61 Å². The van der Waals surface area contributed by atoms with Gasteiger partial charge in [0.2, 0.25) is 6.29 Å². The largest absolute Gasteiger partial charge is 0.504 e. The molecule has 0 radical (unpaired) electrons. The first-order valence-corrected chi connectivity index (χ1v) is 8.03. The molecule has 1 aromatic heterocycles. The molecular formula is C17H18O10. The number of fused-ring (bicyclic) bond motifs is 1. The molecule has 10 nitrogen and oxygen atoms in total. The van der Waals surface area contributed by atoms with E-state index >= 15 is 0 Å². The molecule has 3 rings (SSSR count). The van der Waals surface area contributed by atoms with Crippen LogP contribution in [0.1, 0.15) is 6.92 Å². The molecule has 2 heterocycles. The van der Waals surface area contributed by atoms with E-state index in [0.29, 0.717) is 5.39 Å². The highest BCUT2D eigenvalue weighted by Gasteiger charge is 2.45. The summed E-state index contributed by atoms with van der Waals surface area (Å²) in [6, 6.07) is 5.13. The second-order valence-electron chi connectivity index (χ2n) is 6.05. The summed E-state index contributed by atoms with van der Waals surface area (Å²) in [7, 11) is 0. The molecule has 0 bridgehead atoms. The molecule has 1 aliphatic heterocycles. The molecule has 0 aliphatic carbocycles. The highest BCUT2D eigenvalue weighted by Crippen LogP contribution is 2.31. The Kier molecular flexibility index (Phi) is 5.33. The molecule has 0 unspecified atom stereocenters. The predicted molar refractivity (Wildman–Crippen MR) is 88.1 cm³/mol. The third kappa shape index (κ3) is 4.03. The lowest BCUT2D eigenvalue weighted by Crippen LogP contribution is -2.60. The molecule has 1 aliphatic rings. The van der Waals surface area contributed by atoms with Gasteiger partial charge in [0.1, 0.15) is 36.8 Å². The number of benzene rings is 1. The summed E-state index contributed by atoms with van der Waals surface area (Å²) in [5.41, 5.74) is -0.675. The Balaban J connectivity index is 1.82. The smallest absolute Gasteiger partial charge is 0.336 e. The van der Waals surface area contributed by atoms with Crippen molar-refractivity contribution in [3.8, 4) is 11.5 Å². The van der Waals surface area contributed by atoms with Gasteiger partial charge in [-0.15, -0.1) is 0 Å². The van der Waals surface area contributed by atoms with Crippen molar-refractivity contribution >= 4 is 16.9 Å². The van der Waals surface area contributed by atoms with Gasteiger partial charge in [-0.3, -0.25) is 4.79 Å². The van der Waals surface area contributed by atoms with Crippen molar-refractivity contribution < 1.29 is 43.8 Å². The summed E-state index contributed by atoms with van der Waals surface area (Å²) in [5, 5.41) is 40.4. The van der Waals surface area contributed by atoms with Crippen LogP contribution >= 0.6 is 0 Å². The van der Waals surface area contributed by atoms with Gasteiger partial charge in [0.05, 0.1) is 0 Å². The third-order valence-electron chi connectivity index (χ3n) is 4.04. The maximum absolute atomic E-state index is 11.2. The number of phenolic OH excluding ortho intramolecular Hbond substituents is 1. The van der Waals surface area contributed by atoms with Gasteiger partial charge in [-0.1, -0.05) is 0 Å². The number of ether oxygens (including phenoxy) is 3.